The lowest BCUT2D eigenvalue weighted by atomic mass is 9.92. The van der Waals surface area contributed by atoms with E-state index in [1.807, 2.05) is 13.8 Å². The Bertz CT molecular complexity index is 1120. The van der Waals surface area contributed by atoms with Gasteiger partial charge < -0.3 is 9.47 Å². The predicted molar refractivity (Wildman–Crippen MR) is 117 cm³/mol. The molecule has 0 bridgehead atoms. The maximum atomic E-state index is 6.04. The van der Waals surface area contributed by atoms with Crippen LogP contribution in [0.4, 0.5) is 0 Å². The SMILES string of the molecule is CCOc1ccc2ccccc2c1-c1c(OCC)ccc2cc(Br)ccc12. The summed E-state index contributed by atoms with van der Waals surface area (Å²) in [6.07, 6.45) is 0. The van der Waals surface area contributed by atoms with Crippen molar-refractivity contribution >= 4 is 37.5 Å². The zero-order valence-corrected chi connectivity index (χ0v) is 17.0. The molecule has 4 aromatic carbocycles. The van der Waals surface area contributed by atoms with Crippen LogP contribution >= 0.6 is 15.9 Å². The average Bonchev–Trinajstić information content (AvgIpc) is 2.68. The zero-order chi connectivity index (χ0) is 18.8. The highest BCUT2D eigenvalue weighted by molar-refractivity contribution is 9.10. The molecule has 0 radical (unpaired) electrons. The van der Waals surface area contributed by atoms with Crippen LogP contribution in [0.25, 0.3) is 32.7 Å². The summed E-state index contributed by atoms with van der Waals surface area (Å²) in [6.45, 7) is 5.26. The number of rotatable bonds is 5. The smallest absolute Gasteiger partial charge is 0.127 e. The van der Waals surface area contributed by atoms with Crippen LogP contribution in [0, 0.1) is 0 Å². The van der Waals surface area contributed by atoms with Crippen molar-refractivity contribution < 1.29 is 9.47 Å². The third kappa shape index (κ3) is 3.28. The van der Waals surface area contributed by atoms with Crippen molar-refractivity contribution in [2.24, 2.45) is 0 Å². The molecule has 4 rings (SSSR count). The third-order valence-corrected chi connectivity index (χ3v) is 5.18. The van der Waals surface area contributed by atoms with E-state index in [9.17, 15) is 0 Å². The van der Waals surface area contributed by atoms with Crippen molar-refractivity contribution in [1.82, 2.24) is 0 Å². The van der Waals surface area contributed by atoms with Crippen molar-refractivity contribution in [3.8, 4) is 22.6 Å². The van der Waals surface area contributed by atoms with Gasteiger partial charge in [0.2, 0.25) is 0 Å². The summed E-state index contributed by atoms with van der Waals surface area (Å²) in [6, 6.07) is 23.1. The Morgan fingerprint density at radius 3 is 1.93 bits per heavy atom. The maximum Gasteiger partial charge on any atom is 0.127 e. The van der Waals surface area contributed by atoms with E-state index in [0.29, 0.717) is 13.2 Å². The van der Waals surface area contributed by atoms with Crippen LogP contribution in [-0.2, 0) is 0 Å². The Morgan fingerprint density at radius 1 is 0.667 bits per heavy atom. The van der Waals surface area contributed by atoms with Crippen LogP contribution < -0.4 is 9.47 Å². The lowest BCUT2D eigenvalue weighted by Crippen LogP contribution is -1.99. The van der Waals surface area contributed by atoms with E-state index in [1.54, 1.807) is 0 Å². The van der Waals surface area contributed by atoms with Gasteiger partial charge in [-0.1, -0.05) is 58.4 Å². The van der Waals surface area contributed by atoms with Crippen molar-refractivity contribution in [2.45, 2.75) is 13.8 Å². The normalized spacial score (nSPS) is 11.1. The largest absolute Gasteiger partial charge is 0.493 e. The molecule has 4 aromatic rings. The Balaban J connectivity index is 2.15. The summed E-state index contributed by atoms with van der Waals surface area (Å²) in [4.78, 5) is 0. The molecule has 0 aliphatic rings. The number of halogens is 1. The van der Waals surface area contributed by atoms with E-state index in [1.165, 1.54) is 16.2 Å². The standard InChI is InChI=1S/C24H21BrO2/c1-3-26-21-13-9-16-7-5-6-8-19(16)23(21)24-20-12-11-18(25)15-17(20)10-14-22(24)27-4-2/h5-15H,3-4H2,1-2H3. The van der Waals surface area contributed by atoms with E-state index in [2.05, 4.69) is 82.7 Å². The second-order valence-corrected chi connectivity index (χ2v) is 7.25. The first-order valence-electron chi connectivity index (χ1n) is 9.23. The van der Waals surface area contributed by atoms with Gasteiger partial charge >= 0.3 is 0 Å². The fourth-order valence-corrected chi connectivity index (χ4v) is 3.98. The van der Waals surface area contributed by atoms with Crippen LogP contribution in [0.3, 0.4) is 0 Å². The number of hydrogen-bond donors (Lipinski definition) is 0. The van der Waals surface area contributed by atoms with Gasteiger partial charge in [0.05, 0.1) is 13.2 Å². The minimum absolute atomic E-state index is 0.615. The van der Waals surface area contributed by atoms with E-state index in [4.69, 9.17) is 9.47 Å². The molecule has 0 aliphatic heterocycles. The van der Waals surface area contributed by atoms with Gasteiger partial charge in [-0.2, -0.15) is 0 Å². The number of ether oxygens (including phenoxy) is 2. The van der Waals surface area contributed by atoms with Crippen LogP contribution in [-0.4, -0.2) is 13.2 Å². The molecule has 0 unspecified atom stereocenters. The lowest BCUT2D eigenvalue weighted by Gasteiger charge is -2.19. The Morgan fingerprint density at radius 2 is 1.26 bits per heavy atom. The molecule has 0 aliphatic carbocycles. The Hall–Kier alpha value is -2.52. The quantitative estimate of drug-likeness (QED) is 0.339. The van der Waals surface area contributed by atoms with E-state index < -0.39 is 0 Å². The summed E-state index contributed by atoms with van der Waals surface area (Å²) in [5, 5.41) is 4.67. The number of hydrogen-bond acceptors (Lipinski definition) is 2. The molecule has 0 amide bonds. The van der Waals surface area contributed by atoms with Crippen LogP contribution in [0.2, 0.25) is 0 Å². The summed E-state index contributed by atoms with van der Waals surface area (Å²) < 4.78 is 13.1. The highest BCUT2D eigenvalue weighted by Gasteiger charge is 2.18. The lowest BCUT2D eigenvalue weighted by molar-refractivity contribution is 0.337. The average molecular weight is 421 g/mol. The van der Waals surface area contributed by atoms with Crippen LogP contribution in [0.15, 0.2) is 71.2 Å². The summed E-state index contributed by atoms with van der Waals surface area (Å²) in [5.74, 6) is 1.76. The third-order valence-electron chi connectivity index (χ3n) is 4.68. The van der Waals surface area contributed by atoms with E-state index in [-0.39, 0.29) is 0 Å². The first-order chi connectivity index (χ1) is 13.2. The second-order valence-electron chi connectivity index (χ2n) is 6.33. The molecule has 136 valence electrons. The number of benzene rings is 4. The molecule has 0 saturated carbocycles. The van der Waals surface area contributed by atoms with Gasteiger partial charge in [-0.3, -0.25) is 0 Å². The summed E-state index contributed by atoms with van der Waals surface area (Å²) in [5.41, 5.74) is 2.17. The topological polar surface area (TPSA) is 18.5 Å². The van der Waals surface area contributed by atoms with Gasteiger partial charge in [-0.15, -0.1) is 0 Å². The summed E-state index contributed by atoms with van der Waals surface area (Å²) in [7, 11) is 0. The second kappa shape index (κ2) is 7.61. The van der Waals surface area contributed by atoms with Crippen molar-refractivity contribution in [3.63, 3.8) is 0 Å². The van der Waals surface area contributed by atoms with Crippen LogP contribution in [0.5, 0.6) is 11.5 Å². The Labute approximate surface area is 167 Å². The fourth-order valence-electron chi connectivity index (χ4n) is 3.60. The monoisotopic (exact) mass is 420 g/mol. The molecular formula is C24H21BrO2. The van der Waals surface area contributed by atoms with Crippen molar-refractivity contribution in [2.75, 3.05) is 13.2 Å². The minimum Gasteiger partial charge on any atom is -0.493 e. The molecule has 0 heterocycles. The zero-order valence-electron chi connectivity index (χ0n) is 15.5. The molecule has 0 spiro atoms. The molecule has 0 N–H and O–H groups in total. The Kier molecular flexibility index (Phi) is 5.04. The van der Waals surface area contributed by atoms with E-state index >= 15 is 0 Å². The summed E-state index contributed by atoms with van der Waals surface area (Å²) >= 11 is 3.59. The van der Waals surface area contributed by atoms with Gasteiger partial charge in [-0.25, -0.2) is 0 Å². The van der Waals surface area contributed by atoms with Gasteiger partial charge in [0.1, 0.15) is 11.5 Å². The first kappa shape index (κ1) is 17.9. The molecule has 2 nitrogen and oxygen atoms in total. The molecular weight excluding hydrogens is 400 g/mol. The highest BCUT2D eigenvalue weighted by atomic mass is 79.9. The number of fused-ring (bicyclic) bond motifs is 2. The molecule has 0 aromatic heterocycles. The van der Waals surface area contributed by atoms with Crippen LogP contribution in [0.1, 0.15) is 13.8 Å². The van der Waals surface area contributed by atoms with Gasteiger partial charge in [0.25, 0.3) is 0 Å². The van der Waals surface area contributed by atoms with Gasteiger partial charge in [0, 0.05) is 15.6 Å². The predicted octanol–water partition coefficient (Wildman–Crippen LogP) is 7.22. The molecule has 0 saturated heterocycles. The van der Waals surface area contributed by atoms with E-state index in [0.717, 1.165) is 32.5 Å². The first-order valence-corrected chi connectivity index (χ1v) is 10.0. The van der Waals surface area contributed by atoms with Crippen molar-refractivity contribution in [1.29, 1.82) is 0 Å². The molecule has 0 atom stereocenters. The van der Waals surface area contributed by atoms with Gasteiger partial charge in [0.15, 0.2) is 0 Å². The minimum atomic E-state index is 0.615. The van der Waals surface area contributed by atoms with Crippen molar-refractivity contribution in [3.05, 3.63) is 71.2 Å². The fraction of sp³-hybridized carbons (Fsp3) is 0.167. The van der Waals surface area contributed by atoms with Gasteiger partial charge in [-0.05, 0) is 59.7 Å². The maximum absolute atomic E-state index is 6.04. The molecule has 0 fully saturated rings. The molecule has 3 heteroatoms. The molecule has 27 heavy (non-hydrogen) atoms. The highest BCUT2D eigenvalue weighted by Crippen LogP contribution is 2.45.